The van der Waals surface area contributed by atoms with Crippen LogP contribution >= 0.6 is 11.8 Å². The average molecular weight is 437 g/mol. The Morgan fingerprint density at radius 2 is 1.90 bits per heavy atom. The Morgan fingerprint density at radius 1 is 1.13 bits per heavy atom. The molecule has 1 saturated heterocycles. The largest absolute Gasteiger partial charge is 0.326 e. The number of para-hydroxylation sites is 1. The van der Waals surface area contributed by atoms with E-state index in [4.69, 9.17) is 0 Å². The standard InChI is InChI=1S/C26H32N2O2S/c1-18(2)22-12-5-6-13-23(22)28-25(30)17-31-26(28)20-10-7-11-21(16-20)27-24(29)15-14-19-8-3-4-9-19/h5-7,10-13,16,18-19,26H,3-4,8-9,14-15,17H2,1-2H3,(H,27,29)/t26-/m0/s1. The molecule has 0 bridgehead atoms. The summed E-state index contributed by atoms with van der Waals surface area (Å²) in [6.07, 6.45) is 6.72. The van der Waals surface area contributed by atoms with E-state index < -0.39 is 0 Å². The van der Waals surface area contributed by atoms with E-state index in [1.54, 1.807) is 11.8 Å². The lowest BCUT2D eigenvalue weighted by Gasteiger charge is -2.28. The predicted molar refractivity (Wildman–Crippen MR) is 129 cm³/mol. The fourth-order valence-electron chi connectivity index (χ4n) is 4.75. The van der Waals surface area contributed by atoms with Crippen LogP contribution in [0.5, 0.6) is 0 Å². The lowest BCUT2D eigenvalue weighted by atomic mass is 10.00. The molecule has 2 aliphatic rings. The second kappa shape index (κ2) is 9.90. The van der Waals surface area contributed by atoms with Crippen LogP contribution in [0, 0.1) is 5.92 Å². The lowest BCUT2D eigenvalue weighted by Crippen LogP contribution is -2.29. The molecule has 1 aliphatic carbocycles. The zero-order chi connectivity index (χ0) is 21.8. The molecule has 2 aromatic carbocycles. The number of benzene rings is 2. The van der Waals surface area contributed by atoms with Crippen LogP contribution in [0.4, 0.5) is 11.4 Å². The molecule has 1 atom stereocenters. The number of nitrogens with zero attached hydrogens (tertiary/aromatic N) is 1. The van der Waals surface area contributed by atoms with E-state index in [9.17, 15) is 9.59 Å². The van der Waals surface area contributed by atoms with Gasteiger partial charge in [-0.2, -0.15) is 0 Å². The zero-order valence-corrected chi connectivity index (χ0v) is 19.3. The first-order chi connectivity index (χ1) is 15.0. The summed E-state index contributed by atoms with van der Waals surface area (Å²) < 4.78 is 0. The third-order valence-electron chi connectivity index (χ3n) is 6.40. The van der Waals surface area contributed by atoms with Gasteiger partial charge in [0.2, 0.25) is 11.8 Å². The smallest absolute Gasteiger partial charge is 0.238 e. The van der Waals surface area contributed by atoms with Gasteiger partial charge in [-0.3, -0.25) is 14.5 Å². The first-order valence-corrected chi connectivity index (χ1v) is 12.5. The molecule has 0 spiro atoms. The number of hydrogen-bond donors (Lipinski definition) is 1. The van der Waals surface area contributed by atoms with E-state index in [-0.39, 0.29) is 17.2 Å². The molecule has 2 amide bonds. The van der Waals surface area contributed by atoms with Gasteiger partial charge in [0.05, 0.1) is 5.75 Å². The van der Waals surface area contributed by atoms with Crippen molar-refractivity contribution < 1.29 is 9.59 Å². The highest BCUT2D eigenvalue weighted by Crippen LogP contribution is 2.44. The van der Waals surface area contributed by atoms with Crippen LogP contribution in [-0.4, -0.2) is 17.6 Å². The van der Waals surface area contributed by atoms with E-state index in [0.717, 1.165) is 23.4 Å². The zero-order valence-electron chi connectivity index (χ0n) is 18.5. The minimum absolute atomic E-state index is 0.0808. The van der Waals surface area contributed by atoms with Crippen LogP contribution in [0.2, 0.25) is 0 Å². The van der Waals surface area contributed by atoms with Crippen molar-refractivity contribution in [3.05, 3.63) is 59.7 Å². The Bertz CT molecular complexity index is 937. The number of rotatable bonds is 7. The first kappa shape index (κ1) is 21.9. The van der Waals surface area contributed by atoms with Crippen LogP contribution in [0.1, 0.15) is 74.8 Å². The van der Waals surface area contributed by atoms with E-state index in [0.29, 0.717) is 24.0 Å². The number of nitrogens with one attached hydrogen (secondary N) is 1. The number of thioether (sulfide) groups is 1. The maximum Gasteiger partial charge on any atom is 0.238 e. The highest BCUT2D eigenvalue weighted by molar-refractivity contribution is 8.00. The third kappa shape index (κ3) is 5.15. The highest BCUT2D eigenvalue weighted by Gasteiger charge is 2.35. The SMILES string of the molecule is CC(C)c1ccccc1N1C(=O)CS[C@H]1c1cccc(NC(=O)CCC2CCCC2)c1. The van der Waals surface area contributed by atoms with Gasteiger partial charge in [-0.05, 0) is 47.6 Å². The van der Waals surface area contributed by atoms with Gasteiger partial charge in [-0.25, -0.2) is 0 Å². The Morgan fingerprint density at radius 3 is 2.68 bits per heavy atom. The molecule has 0 radical (unpaired) electrons. The second-order valence-electron chi connectivity index (χ2n) is 9.00. The summed E-state index contributed by atoms with van der Waals surface area (Å²) in [7, 11) is 0. The number of amides is 2. The number of carbonyl (C=O) groups excluding carboxylic acids is 2. The third-order valence-corrected chi connectivity index (χ3v) is 7.61. The molecule has 31 heavy (non-hydrogen) atoms. The van der Waals surface area contributed by atoms with E-state index >= 15 is 0 Å². The molecule has 1 aliphatic heterocycles. The van der Waals surface area contributed by atoms with E-state index in [2.05, 4.69) is 31.3 Å². The summed E-state index contributed by atoms with van der Waals surface area (Å²) in [5, 5.41) is 2.99. The van der Waals surface area contributed by atoms with Crippen molar-refractivity contribution in [1.82, 2.24) is 0 Å². The summed E-state index contributed by atoms with van der Waals surface area (Å²) in [6.45, 7) is 4.31. The van der Waals surface area contributed by atoms with Gasteiger partial charge in [0, 0.05) is 17.8 Å². The lowest BCUT2D eigenvalue weighted by molar-refractivity contribution is -0.117. The van der Waals surface area contributed by atoms with Crippen LogP contribution < -0.4 is 10.2 Å². The van der Waals surface area contributed by atoms with Gasteiger partial charge in [0.25, 0.3) is 0 Å². The molecule has 2 aromatic rings. The van der Waals surface area contributed by atoms with Gasteiger partial charge in [0.15, 0.2) is 0 Å². The van der Waals surface area contributed by atoms with Crippen molar-refractivity contribution in [1.29, 1.82) is 0 Å². The molecule has 1 saturated carbocycles. The summed E-state index contributed by atoms with van der Waals surface area (Å²) in [5.74, 6) is 1.73. The van der Waals surface area contributed by atoms with Crippen molar-refractivity contribution in [2.45, 2.75) is 63.7 Å². The number of carbonyl (C=O) groups is 2. The molecule has 4 nitrogen and oxygen atoms in total. The van der Waals surface area contributed by atoms with Crippen molar-refractivity contribution >= 4 is 35.0 Å². The Labute approximate surface area is 189 Å². The summed E-state index contributed by atoms with van der Waals surface area (Å²) in [6, 6.07) is 16.2. The summed E-state index contributed by atoms with van der Waals surface area (Å²) in [5.41, 5.74) is 4.03. The van der Waals surface area contributed by atoms with Gasteiger partial charge in [0.1, 0.15) is 5.37 Å². The highest BCUT2D eigenvalue weighted by atomic mass is 32.2. The minimum Gasteiger partial charge on any atom is -0.326 e. The molecule has 0 aromatic heterocycles. The van der Waals surface area contributed by atoms with E-state index in [1.807, 2.05) is 41.3 Å². The Balaban J connectivity index is 1.50. The Kier molecular flexibility index (Phi) is 7.01. The molecular weight excluding hydrogens is 404 g/mol. The second-order valence-corrected chi connectivity index (χ2v) is 10.1. The van der Waals surface area contributed by atoms with Gasteiger partial charge in [-0.1, -0.05) is 69.9 Å². The normalized spacial score (nSPS) is 19.4. The monoisotopic (exact) mass is 436 g/mol. The minimum atomic E-state index is -0.0808. The molecule has 4 rings (SSSR count). The van der Waals surface area contributed by atoms with Crippen LogP contribution in [0.3, 0.4) is 0 Å². The first-order valence-electron chi connectivity index (χ1n) is 11.5. The molecule has 5 heteroatoms. The maximum absolute atomic E-state index is 12.8. The van der Waals surface area contributed by atoms with Crippen molar-refractivity contribution in [2.75, 3.05) is 16.0 Å². The molecule has 1 heterocycles. The van der Waals surface area contributed by atoms with Gasteiger partial charge >= 0.3 is 0 Å². The molecule has 2 fully saturated rings. The quantitative estimate of drug-likeness (QED) is 0.539. The summed E-state index contributed by atoms with van der Waals surface area (Å²) >= 11 is 1.65. The van der Waals surface area contributed by atoms with Gasteiger partial charge in [-0.15, -0.1) is 11.8 Å². The Hall–Kier alpha value is -2.27. The summed E-state index contributed by atoms with van der Waals surface area (Å²) in [4.78, 5) is 27.3. The topological polar surface area (TPSA) is 49.4 Å². The molecule has 1 N–H and O–H groups in total. The van der Waals surface area contributed by atoms with Crippen LogP contribution in [0.15, 0.2) is 48.5 Å². The van der Waals surface area contributed by atoms with Crippen molar-refractivity contribution in [3.63, 3.8) is 0 Å². The van der Waals surface area contributed by atoms with Crippen molar-refractivity contribution in [3.8, 4) is 0 Å². The number of hydrogen-bond acceptors (Lipinski definition) is 3. The average Bonchev–Trinajstić information content (AvgIpc) is 3.42. The fraction of sp³-hybridized carbons (Fsp3) is 0.462. The van der Waals surface area contributed by atoms with Gasteiger partial charge < -0.3 is 5.32 Å². The molecular formula is C26H32N2O2S. The maximum atomic E-state index is 12.8. The predicted octanol–water partition coefficient (Wildman–Crippen LogP) is 6.50. The number of anilines is 2. The van der Waals surface area contributed by atoms with Crippen LogP contribution in [-0.2, 0) is 9.59 Å². The van der Waals surface area contributed by atoms with E-state index in [1.165, 1.54) is 31.2 Å². The molecule has 164 valence electrons. The van der Waals surface area contributed by atoms with Crippen molar-refractivity contribution in [2.24, 2.45) is 5.92 Å². The van der Waals surface area contributed by atoms with Crippen LogP contribution in [0.25, 0.3) is 0 Å². The molecule has 0 unspecified atom stereocenters. The fourth-order valence-corrected chi connectivity index (χ4v) is 5.91.